The number of carbonyl (C=O) groups excluding carboxylic acids is 3. The first kappa shape index (κ1) is 14.9. The molecule has 5 rings (SSSR count). The number of esters is 1. The van der Waals surface area contributed by atoms with E-state index in [0.29, 0.717) is 11.3 Å². The van der Waals surface area contributed by atoms with Crippen molar-refractivity contribution in [1.29, 1.82) is 0 Å². The van der Waals surface area contributed by atoms with Gasteiger partial charge in [-0.1, -0.05) is 12.2 Å². The second-order valence-electron chi connectivity index (χ2n) is 7.90. The topological polar surface area (TPSA) is 63.7 Å². The van der Waals surface area contributed by atoms with Crippen molar-refractivity contribution in [3.8, 4) is 0 Å². The molecule has 0 N–H and O–H groups in total. The van der Waals surface area contributed by atoms with Crippen LogP contribution in [0, 0.1) is 28.6 Å². The highest BCUT2D eigenvalue weighted by atomic mass is 16.5. The number of methoxy groups -OCH3 is 1. The molecule has 3 fully saturated rings. The Kier molecular flexibility index (Phi) is 2.61. The van der Waals surface area contributed by atoms with Crippen LogP contribution < -0.4 is 4.90 Å². The number of ether oxygens (including phenoxy) is 1. The smallest absolute Gasteiger partial charge is 0.337 e. The average Bonchev–Trinajstić information content (AvgIpc) is 3.23. The molecule has 1 aromatic carbocycles. The summed E-state index contributed by atoms with van der Waals surface area (Å²) in [6.07, 6.45) is 6.58. The number of hydrogen-bond donors (Lipinski definition) is 0. The normalized spacial score (nSPS) is 36.2. The lowest BCUT2D eigenvalue weighted by molar-refractivity contribution is -0.127. The van der Waals surface area contributed by atoms with Crippen LogP contribution in [-0.4, -0.2) is 24.9 Å². The third-order valence-electron chi connectivity index (χ3n) is 6.97. The minimum absolute atomic E-state index is 0.0959. The third-order valence-corrected chi connectivity index (χ3v) is 6.97. The number of amides is 2. The van der Waals surface area contributed by atoms with Gasteiger partial charge in [-0.05, 0) is 61.3 Å². The molecule has 25 heavy (non-hydrogen) atoms. The van der Waals surface area contributed by atoms with E-state index < -0.39 is 11.4 Å². The lowest BCUT2D eigenvalue weighted by atomic mass is 9.71. The van der Waals surface area contributed by atoms with E-state index in [1.807, 2.05) is 6.92 Å². The van der Waals surface area contributed by atoms with Crippen LogP contribution in [0.2, 0.25) is 0 Å². The summed E-state index contributed by atoms with van der Waals surface area (Å²) in [6, 6.07) is 6.48. The number of allylic oxidation sites excluding steroid dienone is 2. The fourth-order valence-corrected chi connectivity index (χ4v) is 5.68. The number of imide groups is 1. The van der Waals surface area contributed by atoms with Gasteiger partial charge in [-0.25, -0.2) is 9.69 Å². The molecule has 2 amide bonds. The maximum atomic E-state index is 13.3. The highest BCUT2D eigenvalue weighted by molar-refractivity contribution is 6.24. The molecular formula is C20H19NO4. The highest BCUT2D eigenvalue weighted by Gasteiger charge is 2.78. The summed E-state index contributed by atoms with van der Waals surface area (Å²) in [5, 5.41) is 0. The maximum absolute atomic E-state index is 13.3. The van der Waals surface area contributed by atoms with Gasteiger partial charge in [0.25, 0.3) is 0 Å². The molecule has 4 aliphatic rings. The first-order valence-corrected chi connectivity index (χ1v) is 8.70. The number of anilines is 1. The minimum atomic E-state index is -0.631. The molecule has 4 atom stereocenters. The summed E-state index contributed by atoms with van der Waals surface area (Å²) in [5.41, 5.74) is 0.470. The standard InChI is InChI=1S/C20H19NO4/c1-19-14-8-7-13(20(14)9-10-20)15(19)16(22)21(18(19)24)12-5-3-11(4-6-12)17(23)25-2/h3-8,13-15H,9-10H2,1-2H3/t13-,14-,15-,19-/m1/s1. The quantitative estimate of drug-likeness (QED) is 0.473. The molecule has 128 valence electrons. The Morgan fingerprint density at radius 1 is 1.16 bits per heavy atom. The van der Waals surface area contributed by atoms with Crippen molar-refractivity contribution in [2.45, 2.75) is 19.8 Å². The second-order valence-corrected chi connectivity index (χ2v) is 7.90. The fraction of sp³-hybridized carbons (Fsp3) is 0.450. The second kappa shape index (κ2) is 4.40. The molecule has 0 aromatic heterocycles. The molecule has 0 radical (unpaired) electrons. The third kappa shape index (κ3) is 1.53. The van der Waals surface area contributed by atoms with E-state index in [-0.39, 0.29) is 35.0 Å². The van der Waals surface area contributed by atoms with E-state index in [1.54, 1.807) is 24.3 Å². The van der Waals surface area contributed by atoms with E-state index in [4.69, 9.17) is 4.74 Å². The van der Waals surface area contributed by atoms with Crippen molar-refractivity contribution >= 4 is 23.5 Å². The van der Waals surface area contributed by atoms with Gasteiger partial charge >= 0.3 is 5.97 Å². The molecule has 2 saturated carbocycles. The number of fused-ring (bicyclic) bond motifs is 3. The van der Waals surface area contributed by atoms with Crippen LogP contribution in [0.4, 0.5) is 5.69 Å². The summed E-state index contributed by atoms with van der Waals surface area (Å²) in [4.78, 5) is 39.3. The average molecular weight is 337 g/mol. The molecule has 1 aromatic rings. The van der Waals surface area contributed by atoms with Gasteiger partial charge in [0.15, 0.2) is 0 Å². The van der Waals surface area contributed by atoms with Crippen LogP contribution in [0.3, 0.4) is 0 Å². The maximum Gasteiger partial charge on any atom is 0.337 e. The van der Waals surface area contributed by atoms with Crippen LogP contribution in [0.25, 0.3) is 0 Å². The van der Waals surface area contributed by atoms with Crippen molar-refractivity contribution in [2.24, 2.45) is 28.6 Å². The van der Waals surface area contributed by atoms with Crippen molar-refractivity contribution in [1.82, 2.24) is 0 Å². The molecule has 5 heteroatoms. The lowest BCUT2D eigenvalue weighted by Gasteiger charge is -2.29. The minimum Gasteiger partial charge on any atom is -0.465 e. The summed E-state index contributed by atoms with van der Waals surface area (Å²) >= 11 is 0. The molecule has 1 aliphatic heterocycles. The van der Waals surface area contributed by atoms with Crippen LogP contribution in [0.1, 0.15) is 30.1 Å². The van der Waals surface area contributed by atoms with Gasteiger partial charge in [-0.2, -0.15) is 0 Å². The Morgan fingerprint density at radius 3 is 2.40 bits per heavy atom. The predicted octanol–water partition coefficient (Wildman–Crippen LogP) is 2.56. The molecule has 2 bridgehead atoms. The van der Waals surface area contributed by atoms with Crippen molar-refractivity contribution in [2.75, 3.05) is 12.0 Å². The van der Waals surface area contributed by atoms with Crippen LogP contribution >= 0.6 is 0 Å². The zero-order valence-corrected chi connectivity index (χ0v) is 14.2. The van der Waals surface area contributed by atoms with Crippen molar-refractivity contribution in [3.63, 3.8) is 0 Å². The van der Waals surface area contributed by atoms with Gasteiger partial charge in [0, 0.05) is 0 Å². The van der Waals surface area contributed by atoms with Crippen LogP contribution in [-0.2, 0) is 14.3 Å². The summed E-state index contributed by atoms with van der Waals surface area (Å²) in [7, 11) is 1.32. The monoisotopic (exact) mass is 337 g/mol. The number of benzene rings is 1. The SMILES string of the molecule is COC(=O)c1ccc(N2C(=O)[C@H]3[C@H]4C=C[C@@H](C45CC5)[C@@]3(C)C2=O)cc1. The molecular weight excluding hydrogens is 318 g/mol. The molecule has 0 unspecified atom stereocenters. The first-order chi connectivity index (χ1) is 11.9. The Bertz CT molecular complexity index is 851. The van der Waals surface area contributed by atoms with E-state index in [1.165, 1.54) is 12.0 Å². The van der Waals surface area contributed by atoms with E-state index in [9.17, 15) is 14.4 Å². The fourth-order valence-electron chi connectivity index (χ4n) is 5.68. The number of nitrogens with zero attached hydrogens (tertiary/aromatic N) is 1. The first-order valence-electron chi connectivity index (χ1n) is 8.70. The van der Waals surface area contributed by atoms with Gasteiger partial charge in [0.1, 0.15) is 0 Å². The van der Waals surface area contributed by atoms with Gasteiger partial charge in [0.2, 0.25) is 11.8 Å². The van der Waals surface area contributed by atoms with Gasteiger partial charge < -0.3 is 4.74 Å². The van der Waals surface area contributed by atoms with Gasteiger partial charge in [-0.3, -0.25) is 9.59 Å². The molecule has 3 aliphatic carbocycles. The largest absolute Gasteiger partial charge is 0.465 e. The molecule has 5 nitrogen and oxygen atoms in total. The summed E-state index contributed by atoms with van der Waals surface area (Å²) in [5.74, 6) is -0.521. The molecule has 1 spiro atoms. The van der Waals surface area contributed by atoms with E-state index in [2.05, 4.69) is 12.2 Å². The summed E-state index contributed by atoms with van der Waals surface area (Å²) in [6.45, 7) is 1.97. The molecule has 1 saturated heterocycles. The number of rotatable bonds is 2. The zero-order valence-electron chi connectivity index (χ0n) is 14.2. The zero-order chi connectivity index (χ0) is 17.6. The molecule has 1 heterocycles. The van der Waals surface area contributed by atoms with Crippen LogP contribution in [0.15, 0.2) is 36.4 Å². The Labute approximate surface area is 145 Å². The Morgan fingerprint density at radius 2 is 1.84 bits per heavy atom. The Hall–Kier alpha value is -2.43. The van der Waals surface area contributed by atoms with Gasteiger partial charge in [-0.15, -0.1) is 0 Å². The van der Waals surface area contributed by atoms with Crippen LogP contribution in [0.5, 0.6) is 0 Å². The van der Waals surface area contributed by atoms with E-state index in [0.717, 1.165) is 12.8 Å². The summed E-state index contributed by atoms with van der Waals surface area (Å²) < 4.78 is 4.69. The van der Waals surface area contributed by atoms with Crippen molar-refractivity contribution < 1.29 is 19.1 Å². The van der Waals surface area contributed by atoms with Crippen molar-refractivity contribution in [3.05, 3.63) is 42.0 Å². The number of hydrogen-bond acceptors (Lipinski definition) is 4. The number of carbonyl (C=O) groups is 3. The van der Waals surface area contributed by atoms with E-state index >= 15 is 0 Å². The Balaban J connectivity index is 1.53. The lowest BCUT2D eigenvalue weighted by Crippen LogP contribution is -2.39. The highest BCUT2D eigenvalue weighted by Crippen LogP contribution is 2.77. The predicted molar refractivity (Wildman–Crippen MR) is 89.7 cm³/mol. The van der Waals surface area contributed by atoms with Gasteiger partial charge in [0.05, 0.1) is 29.7 Å².